The summed E-state index contributed by atoms with van der Waals surface area (Å²) < 4.78 is 2.03. The Kier molecular flexibility index (Phi) is 3.76. The average Bonchev–Trinajstić information content (AvgIpc) is 2.72. The first-order valence-corrected chi connectivity index (χ1v) is 6.22. The molecule has 0 aliphatic heterocycles. The lowest BCUT2D eigenvalue weighted by molar-refractivity contribution is 0.429. The van der Waals surface area contributed by atoms with Crippen molar-refractivity contribution in [3.63, 3.8) is 0 Å². The Labute approximate surface area is 107 Å². The van der Waals surface area contributed by atoms with Crippen molar-refractivity contribution in [3.8, 4) is 0 Å². The molecule has 0 saturated heterocycles. The Balaban J connectivity index is 2.10. The molecule has 2 aromatic rings. The average molecular weight is 248 g/mol. The van der Waals surface area contributed by atoms with E-state index in [4.69, 9.17) is 5.73 Å². The van der Waals surface area contributed by atoms with Crippen molar-refractivity contribution in [1.82, 2.24) is 24.8 Å². The second kappa shape index (κ2) is 5.30. The fourth-order valence-corrected chi connectivity index (χ4v) is 1.87. The molecule has 2 rings (SSSR count). The zero-order valence-electron chi connectivity index (χ0n) is 11.1. The Hall–Kier alpha value is -1.69. The van der Waals surface area contributed by atoms with Gasteiger partial charge in [-0.1, -0.05) is 20.8 Å². The predicted molar refractivity (Wildman–Crippen MR) is 72.0 cm³/mol. The van der Waals surface area contributed by atoms with Gasteiger partial charge in [0.25, 0.3) is 0 Å². The fraction of sp³-hybridized carbons (Fsp3) is 0.583. The maximum absolute atomic E-state index is 5.76. The fourth-order valence-electron chi connectivity index (χ4n) is 1.87. The highest BCUT2D eigenvalue weighted by Crippen LogP contribution is 2.15. The van der Waals surface area contributed by atoms with Gasteiger partial charge >= 0.3 is 0 Å². The summed E-state index contributed by atoms with van der Waals surface area (Å²) in [5.74, 6) is 0.938. The van der Waals surface area contributed by atoms with Crippen molar-refractivity contribution in [2.24, 2.45) is 5.92 Å². The van der Waals surface area contributed by atoms with Gasteiger partial charge in [0.15, 0.2) is 11.5 Å². The van der Waals surface area contributed by atoms with E-state index in [1.54, 1.807) is 6.33 Å². The van der Waals surface area contributed by atoms with Crippen molar-refractivity contribution in [3.05, 3.63) is 12.7 Å². The van der Waals surface area contributed by atoms with Crippen LogP contribution in [0.2, 0.25) is 0 Å². The van der Waals surface area contributed by atoms with Crippen molar-refractivity contribution < 1.29 is 0 Å². The van der Waals surface area contributed by atoms with Crippen LogP contribution in [0, 0.1) is 5.92 Å². The van der Waals surface area contributed by atoms with Gasteiger partial charge in [-0.05, 0) is 12.5 Å². The number of fused-ring (bicyclic) bond motifs is 1. The monoisotopic (exact) mass is 248 g/mol. The molecule has 0 amide bonds. The SMILES string of the molecule is CC(CNC(C)C)Cn1cnc2c(N)ncnc21. The first-order chi connectivity index (χ1) is 8.58. The first-order valence-electron chi connectivity index (χ1n) is 6.22. The molecule has 2 heterocycles. The number of nitrogens with one attached hydrogen (secondary N) is 1. The molecular weight excluding hydrogens is 228 g/mol. The minimum absolute atomic E-state index is 0.437. The van der Waals surface area contributed by atoms with E-state index in [9.17, 15) is 0 Å². The topological polar surface area (TPSA) is 81.7 Å². The summed E-state index contributed by atoms with van der Waals surface area (Å²) in [5.41, 5.74) is 7.25. The van der Waals surface area contributed by atoms with E-state index in [0.717, 1.165) is 18.7 Å². The Morgan fingerprint density at radius 3 is 2.78 bits per heavy atom. The molecule has 0 fully saturated rings. The summed E-state index contributed by atoms with van der Waals surface area (Å²) in [6.07, 6.45) is 3.26. The Bertz CT molecular complexity index is 518. The number of nitrogen functional groups attached to an aromatic ring is 1. The van der Waals surface area contributed by atoms with Gasteiger partial charge in [-0.2, -0.15) is 0 Å². The van der Waals surface area contributed by atoms with Crippen LogP contribution in [-0.2, 0) is 6.54 Å². The molecular formula is C12H20N6. The van der Waals surface area contributed by atoms with Crippen molar-refractivity contribution in [2.45, 2.75) is 33.4 Å². The largest absolute Gasteiger partial charge is 0.382 e. The lowest BCUT2D eigenvalue weighted by Crippen LogP contribution is -2.29. The van der Waals surface area contributed by atoms with Gasteiger partial charge in [0.2, 0.25) is 0 Å². The summed E-state index contributed by atoms with van der Waals surface area (Å²) in [6.45, 7) is 8.33. The van der Waals surface area contributed by atoms with E-state index in [1.807, 2.05) is 4.57 Å². The molecule has 18 heavy (non-hydrogen) atoms. The molecule has 1 atom stereocenters. The lowest BCUT2D eigenvalue weighted by Gasteiger charge is -2.15. The van der Waals surface area contributed by atoms with Gasteiger partial charge in [0, 0.05) is 12.6 Å². The zero-order valence-corrected chi connectivity index (χ0v) is 11.1. The van der Waals surface area contributed by atoms with Crippen LogP contribution < -0.4 is 11.1 Å². The molecule has 0 aromatic carbocycles. The van der Waals surface area contributed by atoms with Crippen molar-refractivity contribution in [1.29, 1.82) is 0 Å². The van der Waals surface area contributed by atoms with Crippen LogP contribution in [-0.4, -0.2) is 32.1 Å². The molecule has 0 aliphatic rings. The molecule has 0 bridgehead atoms. The highest BCUT2D eigenvalue weighted by molar-refractivity contribution is 5.81. The number of hydrogen-bond acceptors (Lipinski definition) is 5. The van der Waals surface area contributed by atoms with Crippen molar-refractivity contribution in [2.75, 3.05) is 12.3 Å². The van der Waals surface area contributed by atoms with E-state index >= 15 is 0 Å². The second-order valence-corrected chi connectivity index (χ2v) is 5.00. The van der Waals surface area contributed by atoms with E-state index in [0.29, 0.717) is 23.3 Å². The Morgan fingerprint density at radius 2 is 2.06 bits per heavy atom. The summed E-state index contributed by atoms with van der Waals surface area (Å²) in [6, 6.07) is 0.505. The number of nitrogens with two attached hydrogens (primary N) is 1. The molecule has 0 radical (unpaired) electrons. The molecule has 0 aliphatic carbocycles. The van der Waals surface area contributed by atoms with Crippen LogP contribution >= 0.6 is 0 Å². The number of aromatic nitrogens is 4. The number of imidazole rings is 1. The number of nitrogens with zero attached hydrogens (tertiary/aromatic N) is 4. The quantitative estimate of drug-likeness (QED) is 0.826. The highest BCUT2D eigenvalue weighted by Gasteiger charge is 2.10. The standard InChI is InChI=1S/C12H20N6/c1-8(2)14-4-9(3)5-18-7-17-10-11(13)15-6-16-12(10)18/h6-9,14H,4-5H2,1-3H3,(H2,13,15,16). The first kappa shape index (κ1) is 12.8. The van der Waals surface area contributed by atoms with Crippen LogP contribution in [0.25, 0.3) is 11.2 Å². The van der Waals surface area contributed by atoms with Gasteiger partial charge in [-0.25, -0.2) is 15.0 Å². The molecule has 2 aromatic heterocycles. The van der Waals surface area contributed by atoms with Crippen LogP contribution in [0.5, 0.6) is 0 Å². The lowest BCUT2D eigenvalue weighted by atomic mass is 10.1. The van der Waals surface area contributed by atoms with E-state index < -0.39 is 0 Å². The van der Waals surface area contributed by atoms with Crippen LogP contribution in [0.1, 0.15) is 20.8 Å². The second-order valence-electron chi connectivity index (χ2n) is 5.00. The van der Waals surface area contributed by atoms with E-state index in [-0.39, 0.29) is 0 Å². The summed E-state index contributed by atoms with van der Waals surface area (Å²) in [5, 5.41) is 3.43. The van der Waals surface area contributed by atoms with E-state index in [2.05, 4.69) is 41.0 Å². The van der Waals surface area contributed by atoms with Gasteiger partial charge in [0.05, 0.1) is 6.33 Å². The highest BCUT2D eigenvalue weighted by atomic mass is 15.1. The zero-order chi connectivity index (χ0) is 13.1. The van der Waals surface area contributed by atoms with Crippen LogP contribution in [0.4, 0.5) is 5.82 Å². The summed E-state index contributed by atoms with van der Waals surface area (Å²) in [7, 11) is 0. The minimum Gasteiger partial charge on any atom is -0.382 e. The van der Waals surface area contributed by atoms with Gasteiger partial charge in [-0.15, -0.1) is 0 Å². The molecule has 0 spiro atoms. The van der Waals surface area contributed by atoms with Crippen molar-refractivity contribution >= 4 is 17.0 Å². The molecule has 1 unspecified atom stereocenters. The summed E-state index contributed by atoms with van der Waals surface area (Å²) in [4.78, 5) is 12.4. The molecule has 0 saturated carbocycles. The van der Waals surface area contributed by atoms with Gasteiger partial charge < -0.3 is 15.6 Å². The van der Waals surface area contributed by atoms with Crippen LogP contribution in [0.3, 0.4) is 0 Å². The number of anilines is 1. The third kappa shape index (κ3) is 2.76. The van der Waals surface area contributed by atoms with E-state index in [1.165, 1.54) is 6.33 Å². The third-order valence-electron chi connectivity index (χ3n) is 2.81. The maximum atomic E-state index is 5.76. The third-order valence-corrected chi connectivity index (χ3v) is 2.81. The molecule has 98 valence electrons. The van der Waals surface area contributed by atoms with Gasteiger partial charge in [0.1, 0.15) is 11.8 Å². The summed E-state index contributed by atoms with van der Waals surface area (Å²) >= 11 is 0. The molecule has 3 N–H and O–H groups in total. The van der Waals surface area contributed by atoms with Crippen LogP contribution in [0.15, 0.2) is 12.7 Å². The predicted octanol–water partition coefficient (Wildman–Crippen LogP) is 1.04. The Morgan fingerprint density at radius 1 is 1.28 bits per heavy atom. The normalized spacial score (nSPS) is 13.3. The number of hydrogen-bond donors (Lipinski definition) is 2. The minimum atomic E-state index is 0.437. The smallest absolute Gasteiger partial charge is 0.165 e. The number of rotatable bonds is 5. The maximum Gasteiger partial charge on any atom is 0.165 e. The molecule has 6 nitrogen and oxygen atoms in total. The molecule has 6 heteroatoms. The van der Waals surface area contributed by atoms with Gasteiger partial charge in [-0.3, -0.25) is 0 Å².